The fourth-order valence-electron chi connectivity index (χ4n) is 11.6. The fourth-order valence-corrected chi connectivity index (χ4v) is 11.6. The maximum absolute atomic E-state index is 13.8. The second kappa shape index (κ2) is 15.5. The van der Waals surface area contributed by atoms with E-state index in [4.69, 9.17) is 32.8 Å². The summed E-state index contributed by atoms with van der Waals surface area (Å²) in [6.07, 6.45) is 14.8. The molecule has 9 nitrogen and oxygen atoms in total. The lowest BCUT2D eigenvalue weighted by molar-refractivity contribution is -0.172. The summed E-state index contributed by atoms with van der Waals surface area (Å²) in [5, 5.41) is 8.52. The average molecular weight is 703 g/mol. The van der Waals surface area contributed by atoms with E-state index in [2.05, 4.69) is 34.6 Å². The first-order valence-corrected chi connectivity index (χ1v) is 19.4. The summed E-state index contributed by atoms with van der Waals surface area (Å²) in [5.74, 6) is 2.71. The number of carbonyl (C=O) groups excluding carboxylic acids is 2. The van der Waals surface area contributed by atoms with Gasteiger partial charge in [0, 0.05) is 22.7 Å². The van der Waals surface area contributed by atoms with E-state index in [1.165, 1.54) is 94.5 Å². The number of anilines is 4. The first-order chi connectivity index (χ1) is 24.0. The van der Waals surface area contributed by atoms with Crippen LogP contribution in [0.3, 0.4) is 0 Å². The van der Waals surface area contributed by atoms with Gasteiger partial charge in [-0.3, -0.25) is 4.79 Å². The minimum atomic E-state index is -1.02. The van der Waals surface area contributed by atoms with E-state index in [1.54, 1.807) is 6.07 Å². The summed E-state index contributed by atoms with van der Waals surface area (Å²) in [4.78, 5) is 37.2. The topological polar surface area (TPSA) is 185 Å². The molecule has 0 heterocycles. The number of esters is 2. The lowest BCUT2D eigenvalue weighted by Crippen LogP contribution is -2.57. The molecule has 0 spiro atoms. The van der Waals surface area contributed by atoms with Crippen molar-refractivity contribution in [2.45, 2.75) is 112 Å². The molecule has 51 heavy (non-hydrogen) atoms. The van der Waals surface area contributed by atoms with Crippen LogP contribution in [-0.4, -0.2) is 23.0 Å². The number of hydrogen-bond donors (Lipinski definition) is 5. The van der Waals surface area contributed by atoms with Crippen LogP contribution in [0.2, 0.25) is 0 Å². The molecule has 4 aliphatic rings. The number of benzene rings is 2. The SMILES string of the molecule is CC(C)CCC[C@@H](C)[C@H]1CC[C@H]2[C@@H]3CCC4CCCC(C(=O)OC(=O)c5cc(N)cc(N)c5)[C@]4(C)[C@H]3CC[C@]12C.Nc1cc(N)cc(C(=O)O)c1. The number of nitrogens with two attached hydrogens (primary N) is 4. The predicted octanol–water partition coefficient (Wildman–Crippen LogP) is 8.82. The van der Waals surface area contributed by atoms with E-state index >= 15 is 0 Å². The van der Waals surface area contributed by atoms with Gasteiger partial charge in [0.15, 0.2) is 0 Å². The zero-order valence-electron chi connectivity index (χ0n) is 31.5. The number of aromatic carboxylic acids is 1. The Hall–Kier alpha value is -3.75. The van der Waals surface area contributed by atoms with Crippen molar-refractivity contribution in [3.05, 3.63) is 47.5 Å². The summed E-state index contributed by atoms with van der Waals surface area (Å²) in [5.41, 5.74) is 24.7. The molecule has 280 valence electrons. The smallest absolute Gasteiger partial charge is 0.345 e. The third kappa shape index (κ3) is 8.02. The monoisotopic (exact) mass is 702 g/mol. The predicted molar refractivity (Wildman–Crippen MR) is 204 cm³/mol. The van der Waals surface area contributed by atoms with Crippen molar-refractivity contribution in [2.24, 2.45) is 58.2 Å². The number of fused-ring (bicyclic) bond motifs is 5. The number of hydrogen-bond acceptors (Lipinski definition) is 8. The van der Waals surface area contributed by atoms with Gasteiger partial charge in [0.2, 0.25) is 0 Å². The minimum absolute atomic E-state index is 0.102. The number of carboxylic acids is 1. The summed E-state index contributed by atoms with van der Waals surface area (Å²) in [7, 11) is 0. The van der Waals surface area contributed by atoms with Crippen molar-refractivity contribution in [1.82, 2.24) is 0 Å². The third-order valence-corrected chi connectivity index (χ3v) is 13.9. The average Bonchev–Trinajstić information content (AvgIpc) is 3.40. The third-order valence-electron chi connectivity index (χ3n) is 13.9. The molecular weight excluding hydrogens is 640 g/mol. The Labute approximate surface area is 304 Å². The number of ether oxygens (including phenoxy) is 1. The van der Waals surface area contributed by atoms with E-state index in [1.807, 2.05) is 0 Å². The van der Waals surface area contributed by atoms with Crippen molar-refractivity contribution < 1.29 is 24.2 Å². The van der Waals surface area contributed by atoms with Gasteiger partial charge in [0.1, 0.15) is 0 Å². The Balaban J connectivity index is 0.000000392. The molecule has 0 aliphatic heterocycles. The summed E-state index contributed by atoms with van der Waals surface area (Å²) in [6.45, 7) is 12.2. The molecule has 0 saturated heterocycles. The normalized spacial score (nSPS) is 31.6. The molecule has 2 unspecified atom stereocenters. The molecule has 9 atom stereocenters. The highest BCUT2D eigenvalue weighted by Gasteiger charge is 2.63. The van der Waals surface area contributed by atoms with Crippen LogP contribution < -0.4 is 22.9 Å². The van der Waals surface area contributed by atoms with Gasteiger partial charge in [-0.1, -0.05) is 60.3 Å². The first kappa shape index (κ1) is 38.5. The molecule has 9 heteroatoms. The van der Waals surface area contributed by atoms with Gasteiger partial charge in [-0.25, -0.2) is 9.59 Å². The zero-order valence-corrected chi connectivity index (χ0v) is 31.5. The Kier molecular flexibility index (Phi) is 11.7. The highest BCUT2D eigenvalue weighted by molar-refractivity contribution is 5.99. The number of rotatable bonds is 8. The molecule has 0 radical (unpaired) electrons. The van der Waals surface area contributed by atoms with Gasteiger partial charge in [-0.05, 0) is 140 Å². The van der Waals surface area contributed by atoms with Gasteiger partial charge in [-0.2, -0.15) is 0 Å². The maximum Gasteiger partial charge on any atom is 0.345 e. The Bertz CT molecular complexity index is 1550. The summed E-state index contributed by atoms with van der Waals surface area (Å²) in [6, 6.07) is 8.90. The van der Waals surface area contributed by atoms with Gasteiger partial charge < -0.3 is 32.8 Å². The van der Waals surface area contributed by atoms with Gasteiger partial charge >= 0.3 is 17.9 Å². The van der Waals surface area contributed by atoms with Crippen LogP contribution >= 0.6 is 0 Å². The number of carboxylic acid groups (broad SMARTS) is 1. The van der Waals surface area contributed by atoms with Crippen molar-refractivity contribution in [3.63, 3.8) is 0 Å². The molecule has 4 aliphatic carbocycles. The maximum atomic E-state index is 13.8. The van der Waals surface area contributed by atoms with Crippen LogP contribution in [0, 0.1) is 58.2 Å². The van der Waals surface area contributed by atoms with Gasteiger partial charge in [0.25, 0.3) is 0 Å². The number of nitrogen functional groups attached to an aromatic ring is 4. The molecule has 2 aromatic rings. The quantitative estimate of drug-likeness (QED) is 0.102. The van der Waals surface area contributed by atoms with E-state index < -0.39 is 11.9 Å². The fraction of sp³-hybridized carbons (Fsp3) is 0.643. The molecule has 0 aromatic heterocycles. The van der Waals surface area contributed by atoms with Gasteiger partial charge in [-0.15, -0.1) is 0 Å². The second-order valence-corrected chi connectivity index (χ2v) is 17.3. The molecule has 2 aromatic carbocycles. The largest absolute Gasteiger partial charge is 0.478 e. The Morgan fingerprint density at radius 2 is 1.37 bits per heavy atom. The van der Waals surface area contributed by atoms with Crippen LogP contribution in [0.5, 0.6) is 0 Å². The Morgan fingerprint density at radius 1 is 0.765 bits per heavy atom. The first-order valence-electron chi connectivity index (χ1n) is 19.4. The van der Waals surface area contributed by atoms with Gasteiger partial charge in [0.05, 0.1) is 17.0 Å². The highest BCUT2D eigenvalue weighted by atomic mass is 16.6. The second-order valence-electron chi connectivity index (χ2n) is 17.3. The lowest BCUT2D eigenvalue weighted by atomic mass is 9.42. The standard InChI is InChI=1S/C35H54N2O3.C7H8N2O2/c1-21(2)8-6-9-22(3)28-14-15-29-27-13-12-24-10-7-11-31(35(24,5)30(27)16-17-34(28,29)4)33(39)40-32(38)23-18-25(36)20-26(37)19-23;8-5-1-4(7(10)11)2-6(9)3-5/h18-22,24,27-31H,6-17,36-37H2,1-5H3;1-3H,8-9H2,(H,10,11)/t22-,24?,27+,28-,29+,30+,31?,34-,35+;/m1./s1. The minimum Gasteiger partial charge on any atom is -0.478 e. The van der Waals surface area contributed by atoms with E-state index in [0.717, 1.165) is 36.5 Å². The lowest BCUT2D eigenvalue weighted by Gasteiger charge is -2.62. The summed E-state index contributed by atoms with van der Waals surface area (Å²) >= 11 is 0. The van der Waals surface area contributed by atoms with Crippen LogP contribution in [-0.2, 0) is 9.53 Å². The molecular formula is C42H62N4O5. The summed E-state index contributed by atoms with van der Waals surface area (Å²) < 4.78 is 5.60. The van der Waals surface area contributed by atoms with Crippen molar-refractivity contribution in [1.29, 1.82) is 0 Å². The van der Waals surface area contributed by atoms with E-state index in [-0.39, 0.29) is 28.4 Å². The molecule has 9 N–H and O–H groups in total. The number of carbonyl (C=O) groups is 3. The van der Waals surface area contributed by atoms with E-state index in [0.29, 0.717) is 45.9 Å². The van der Waals surface area contributed by atoms with Crippen LogP contribution in [0.15, 0.2) is 36.4 Å². The molecule has 6 rings (SSSR count). The molecule has 0 amide bonds. The molecule has 4 saturated carbocycles. The van der Waals surface area contributed by atoms with Crippen molar-refractivity contribution in [3.8, 4) is 0 Å². The molecule has 0 bridgehead atoms. The van der Waals surface area contributed by atoms with Crippen LogP contribution in [0.1, 0.15) is 132 Å². The Morgan fingerprint density at radius 3 is 1.96 bits per heavy atom. The van der Waals surface area contributed by atoms with Crippen molar-refractivity contribution in [2.75, 3.05) is 22.9 Å². The van der Waals surface area contributed by atoms with Crippen LogP contribution in [0.25, 0.3) is 0 Å². The highest BCUT2D eigenvalue weighted by Crippen LogP contribution is 2.69. The van der Waals surface area contributed by atoms with Crippen molar-refractivity contribution >= 4 is 40.7 Å². The van der Waals surface area contributed by atoms with Crippen LogP contribution in [0.4, 0.5) is 22.7 Å². The zero-order chi connectivity index (χ0) is 37.2. The van der Waals surface area contributed by atoms with E-state index in [9.17, 15) is 14.4 Å². The molecule has 4 fully saturated rings.